The summed E-state index contributed by atoms with van der Waals surface area (Å²) in [6.45, 7) is 4.10. The number of hydrogen-bond donors (Lipinski definition) is 1. The van der Waals surface area contributed by atoms with Gasteiger partial charge in [-0.1, -0.05) is 73.2 Å². The first-order chi connectivity index (χ1) is 16.1. The van der Waals surface area contributed by atoms with Gasteiger partial charge in [-0.15, -0.1) is 0 Å². The molecule has 0 spiro atoms. The number of H-pyrrole nitrogens is 1. The Labute approximate surface area is 192 Å². The van der Waals surface area contributed by atoms with E-state index in [1.165, 1.54) is 4.90 Å². The Morgan fingerprint density at radius 2 is 1.67 bits per heavy atom. The van der Waals surface area contributed by atoms with E-state index in [0.717, 1.165) is 45.3 Å². The Balaban J connectivity index is 1.55. The van der Waals surface area contributed by atoms with Crippen molar-refractivity contribution in [2.24, 2.45) is 0 Å². The molecule has 33 heavy (non-hydrogen) atoms. The van der Waals surface area contributed by atoms with E-state index < -0.39 is 6.04 Å². The van der Waals surface area contributed by atoms with E-state index in [1.807, 2.05) is 43.3 Å². The maximum Gasteiger partial charge on any atom is 0.332 e. The highest BCUT2D eigenvalue weighted by Gasteiger charge is 2.53. The second-order valence-corrected chi connectivity index (χ2v) is 8.94. The highest BCUT2D eigenvalue weighted by Crippen LogP contribution is 2.45. The number of carbonyl (C=O) groups is 2. The molecule has 164 valence electrons. The highest BCUT2D eigenvalue weighted by atomic mass is 16.2. The Hall–Kier alpha value is -3.86. The molecule has 6 rings (SSSR count). The number of urea groups is 1. The zero-order valence-electron chi connectivity index (χ0n) is 18.7. The van der Waals surface area contributed by atoms with E-state index in [2.05, 4.69) is 48.3 Å². The van der Waals surface area contributed by atoms with Crippen LogP contribution in [-0.2, 0) is 17.6 Å². The van der Waals surface area contributed by atoms with Crippen molar-refractivity contribution >= 4 is 28.5 Å². The third kappa shape index (κ3) is 2.85. The van der Waals surface area contributed by atoms with Crippen molar-refractivity contribution in [2.45, 2.75) is 38.8 Å². The van der Waals surface area contributed by atoms with Crippen molar-refractivity contribution in [1.82, 2.24) is 9.88 Å². The molecule has 5 heteroatoms. The van der Waals surface area contributed by atoms with Gasteiger partial charge in [0, 0.05) is 23.0 Å². The van der Waals surface area contributed by atoms with Crippen molar-refractivity contribution in [3.8, 4) is 0 Å². The molecule has 5 nitrogen and oxygen atoms in total. The van der Waals surface area contributed by atoms with Gasteiger partial charge in [0.25, 0.3) is 5.91 Å². The quantitative estimate of drug-likeness (QED) is 0.431. The second kappa shape index (κ2) is 7.34. The molecule has 1 aromatic heterocycles. The van der Waals surface area contributed by atoms with Crippen molar-refractivity contribution in [1.29, 1.82) is 0 Å². The van der Waals surface area contributed by atoms with E-state index in [9.17, 15) is 9.59 Å². The molecule has 0 saturated carbocycles. The van der Waals surface area contributed by atoms with E-state index >= 15 is 0 Å². The summed E-state index contributed by atoms with van der Waals surface area (Å²) in [6, 6.07) is 23.0. The van der Waals surface area contributed by atoms with Crippen molar-refractivity contribution in [3.63, 3.8) is 0 Å². The number of anilines is 1. The van der Waals surface area contributed by atoms with Gasteiger partial charge in [0.15, 0.2) is 0 Å². The van der Waals surface area contributed by atoms with Crippen LogP contribution in [0.2, 0.25) is 0 Å². The number of imide groups is 1. The molecule has 3 amide bonds. The maximum atomic E-state index is 13.9. The molecule has 1 N–H and O–H groups in total. The third-order valence-corrected chi connectivity index (χ3v) is 7.06. The Kier molecular flexibility index (Phi) is 4.40. The van der Waals surface area contributed by atoms with E-state index in [0.29, 0.717) is 12.1 Å². The molecular formula is C28H25N3O2. The summed E-state index contributed by atoms with van der Waals surface area (Å²) in [6.07, 6.45) is 1.26. The number of para-hydroxylation sites is 2. The molecule has 1 saturated heterocycles. The molecule has 2 aliphatic rings. The summed E-state index contributed by atoms with van der Waals surface area (Å²) in [5.41, 5.74) is 7.02. The van der Waals surface area contributed by atoms with Gasteiger partial charge in [-0.25, -0.2) is 9.69 Å². The first kappa shape index (κ1) is 19.8. The molecule has 0 unspecified atom stereocenters. The van der Waals surface area contributed by atoms with Crippen LogP contribution in [0.25, 0.3) is 10.9 Å². The normalized spacial score (nSPS) is 19.8. The van der Waals surface area contributed by atoms with Gasteiger partial charge in [0.05, 0.1) is 5.69 Å². The lowest BCUT2D eigenvalue weighted by atomic mass is 9.88. The Morgan fingerprint density at radius 3 is 2.45 bits per heavy atom. The highest BCUT2D eigenvalue weighted by molar-refractivity contribution is 6.22. The van der Waals surface area contributed by atoms with Crippen LogP contribution < -0.4 is 4.90 Å². The van der Waals surface area contributed by atoms with Crippen LogP contribution in [0.5, 0.6) is 0 Å². The molecule has 3 heterocycles. The number of aromatic amines is 1. The van der Waals surface area contributed by atoms with Crippen LogP contribution in [0.15, 0.2) is 72.8 Å². The van der Waals surface area contributed by atoms with Crippen LogP contribution in [-0.4, -0.2) is 27.9 Å². The van der Waals surface area contributed by atoms with Crippen molar-refractivity contribution in [2.75, 3.05) is 4.90 Å². The van der Waals surface area contributed by atoms with Gasteiger partial charge in [-0.3, -0.25) is 9.69 Å². The van der Waals surface area contributed by atoms with Crippen molar-refractivity contribution < 1.29 is 9.59 Å². The molecular weight excluding hydrogens is 410 g/mol. The average Bonchev–Trinajstić information content (AvgIpc) is 3.33. The monoisotopic (exact) mass is 435 g/mol. The number of benzene rings is 3. The molecule has 3 aromatic carbocycles. The Morgan fingerprint density at radius 1 is 0.939 bits per heavy atom. The minimum absolute atomic E-state index is 0.144. The Bertz CT molecular complexity index is 1400. The fraction of sp³-hybridized carbons (Fsp3) is 0.214. The van der Waals surface area contributed by atoms with E-state index in [-0.39, 0.29) is 18.0 Å². The standard InChI is InChI=1S/C28H25N3O2/c1-3-18-8-4-7-11-23(18)31-27(32)24-16-21-20-9-5-6-10-22(20)29-25(21)26(30(24)28(31)33)19-14-12-17(2)13-15-19/h4-15,24,26,29H,3,16H2,1-2H3/t24-,26+/m0/s1. The zero-order valence-corrected chi connectivity index (χ0v) is 18.7. The summed E-state index contributed by atoms with van der Waals surface area (Å²) < 4.78 is 0. The minimum atomic E-state index is -0.527. The fourth-order valence-corrected chi connectivity index (χ4v) is 5.42. The van der Waals surface area contributed by atoms with Crippen LogP contribution in [0.1, 0.15) is 40.9 Å². The SMILES string of the molecule is CCc1ccccc1N1C(=O)[C@@H]2Cc3c([nH]c4ccccc34)[C@@H](c3ccc(C)cc3)N2C1=O. The second-order valence-electron chi connectivity index (χ2n) is 8.94. The van der Waals surface area contributed by atoms with Gasteiger partial charge < -0.3 is 4.98 Å². The van der Waals surface area contributed by atoms with Crippen LogP contribution in [0, 0.1) is 6.92 Å². The fourth-order valence-electron chi connectivity index (χ4n) is 5.42. The number of nitrogens with one attached hydrogen (secondary N) is 1. The topological polar surface area (TPSA) is 56.4 Å². The van der Waals surface area contributed by atoms with E-state index in [4.69, 9.17) is 0 Å². The van der Waals surface area contributed by atoms with E-state index in [1.54, 1.807) is 4.90 Å². The summed E-state index contributed by atoms with van der Waals surface area (Å²) in [5.74, 6) is -0.144. The van der Waals surface area contributed by atoms with Crippen LogP contribution in [0.3, 0.4) is 0 Å². The van der Waals surface area contributed by atoms with Gasteiger partial charge in [-0.2, -0.15) is 0 Å². The smallest absolute Gasteiger partial charge is 0.332 e. The van der Waals surface area contributed by atoms with Crippen molar-refractivity contribution in [3.05, 3.63) is 101 Å². The summed E-state index contributed by atoms with van der Waals surface area (Å²) in [5, 5.41) is 1.12. The maximum absolute atomic E-state index is 13.9. The predicted octanol–water partition coefficient (Wildman–Crippen LogP) is 5.52. The average molecular weight is 436 g/mol. The summed E-state index contributed by atoms with van der Waals surface area (Å²) in [4.78, 5) is 34.5. The number of fused-ring (bicyclic) bond motifs is 4. The number of aromatic nitrogens is 1. The van der Waals surface area contributed by atoms with Crippen LogP contribution >= 0.6 is 0 Å². The lowest BCUT2D eigenvalue weighted by molar-refractivity contribution is -0.120. The summed E-state index contributed by atoms with van der Waals surface area (Å²) in [7, 11) is 0. The third-order valence-electron chi connectivity index (χ3n) is 7.06. The van der Waals surface area contributed by atoms with Gasteiger partial charge >= 0.3 is 6.03 Å². The largest absolute Gasteiger partial charge is 0.356 e. The molecule has 2 atom stereocenters. The molecule has 0 bridgehead atoms. The van der Waals surface area contributed by atoms with Gasteiger partial charge in [-0.05, 0) is 42.2 Å². The van der Waals surface area contributed by atoms with Gasteiger partial charge in [0.1, 0.15) is 12.1 Å². The van der Waals surface area contributed by atoms with Crippen LogP contribution in [0.4, 0.5) is 10.5 Å². The summed E-state index contributed by atoms with van der Waals surface area (Å²) >= 11 is 0. The number of hydrogen-bond acceptors (Lipinski definition) is 2. The lowest BCUT2D eigenvalue weighted by Gasteiger charge is -2.36. The minimum Gasteiger partial charge on any atom is -0.356 e. The molecule has 2 aliphatic heterocycles. The molecule has 0 radical (unpaired) electrons. The number of aryl methyl sites for hydroxylation is 2. The predicted molar refractivity (Wildman–Crippen MR) is 129 cm³/mol. The van der Waals surface area contributed by atoms with Gasteiger partial charge in [0.2, 0.25) is 0 Å². The first-order valence-corrected chi connectivity index (χ1v) is 11.5. The molecule has 1 fully saturated rings. The molecule has 4 aromatic rings. The first-order valence-electron chi connectivity index (χ1n) is 11.5. The number of carbonyl (C=O) groups excluding carboxylic acids is 2. The lowest BCUT2D eigenvalue weighted by Crippen LogP contribution is -2.44. The zero-order chi connectivity index (χ0) is 22.7. The molecule has 0 aliphatic carbocycles. The number of amides is 3. The number of nitrogens with zero attached hydrogens (tertiary/aromatic N) is 2. The number of rotatable bonds is 3.